The van der Waals surface area contributed by atoms with E-state index in [1.54, 1.807) is 55.6 Å². The smallest absolute Gasteiger partial charge is 0.323 e. The first kappa shape index (κ1) is 29.3. The topological polar surface area (TPSA) is 111 Å². The third kappa shape index (κ3) is 5.92. The van der Waals surface area contributed by atoms with Crippen molar-refractivity contribution in [2.75, 3.05) is 19.5 Å². The van der Waals surface area contributed by atoms with Gasteiger partial charge in [-0.3, -0.25) is 9.59 Å². The molecule has 220 valence electrons. The first-order chi connectivity index (χ1) is 20.7. The molecule has 9 heteroatoms. The van der Waals surface area contributed by atoms with Crippen LogP contribution in [0.25, 0.3) is 0 Å². The fraction of sp³-hybridized carbons (Fsp3) is 0.206. The van der Waals surface area contributed by atoms with E-state index in [0.717, 1.165) is 5.56 Å². The second-order valence-corrected chi connectivity index (χ2v) is 10.5. The maximum Gasteiger partial charge on any atom is 0.323 e. The van der Waals surface area contributed by atoms with Gasteiger partial charge in [-0.2, -0.15) is 0 Å². The Morgan fingerprint density at radius 3 is 1.84 bits per heavy atom. The van der Waals surface area contributed by atoms with Gasteiger partial charge < -0.3 is 25.4 Å². The van der Waals surface area contributed by atoms with E-state index in [1.807, 2.05) is 31.2 Å². The summed E-state index contributed by atoms with van der Waals surface area (Å²) < 4.78 is 24.2. The number of urea groups is 1. The fourth-order valence-corrected chi connectivity index (χ4v) is 5.80. The van der Waals surface area contributed by atoms with E-state index in [2.05, 4.69) is 5.32 Å². The van der Waals surface area contributed by atoms with E-state index in [4.69, 9.17) is 15.2 Å². The molecular weight excluding hydrogens is 549 g/mol. The quantitative estimate of drug-likeness (QED) is 0.253. The van der Waals surface area contributed by atoms with Gasteiger partial charge in [0.2, 0.25) is 5.91 Å². The molecule has 8 nitrogen and oxygen atoms in total. The summed E-state index contributed by atoms with van der Waals surface area (Å²) in [5.41, 5.74) is 9.07. The molecule has 43 heavy (non-hydrogen) atoms. The molecule has 5 rings (SSSR count). The van der Waals surface area contributed by atoms with Crippen molar-refractivity contribution < 1.29 is 28.2 Å². The van der Waals surface area contributed by atoms with Gasteiger partial charge in [0.1, 0.15) is 23.4 Å². The SMILES string of the molecule is COc1ccc(C(=O)C2C(c3ccc(OC)cc3)C(C(N)=O)N(C(=O)Nc3ccc(F)cc3)C2c2ccc(C)cc2)cc1. The highest BCUT2D eigenvalue weighted by Crippen LogP contribution is 2.51. The van der Waals surface area contributed by atoms with E-state index in [1.165, 1.54) is 36.3 Å². The molecule has 1 aliphatic rings. The number of carbonyl (C=O) groups is 3. The number of primary amides is 1. The lowest BCUT2D eigenvalue weighted by Gasteiger charge is -2.31. The number of ketones is 1. The van der Waals surface area contributed by atoms with Crippen LogP contribution in [0.15, 0.2) is 97.1 Å². The molecule has 4 atom stereocenters. The monoisotopic (exact) mass is 581 g/mol. The van der Waals surface area contributed by atoms with Crippen LogP contribution in [0.1, 0.15) is 39.0 Å². The van der Waals surface area contributed by atoms with Crippen molar-refractivity contribution in [1.82, 2.24) is 4.90 Å². The van der Waals surface area contributed by atoms with Crippen molar-refractivity contribution in [2.24, 2.45) is 11.7 Å². The number of ether oxygens (including phenoxy) is 2. The van der Waals surface area contributed by atoms with Crippen LogP contribution in [0.4, 0.5) is 14.9 Å². The number of aryl methyl sites for hydroxylation is 1. The summed E-state index contributed by atoms with van der Waals surface area (Å²) in [7, 11) is 3.08. The summed E-state index contributed by atoms with van der Waals surface area (Å²) in [6, 6.07) is 23.8. The highest BCUT2D eigenvalue weighted by molar-refractivity contribution is 6.03. The van der Waals surface area contributed by atoms with Crippen LogP contribution in [0.5, 0.6) is 11.5 Å². The molecule has 4 aromatic carbocycles. The minimum Gasteiger partial charge on any atom is -0.497 e. The van der Waals surface area contributed by atoms with Crippen LogP contribution in [0, 0.1) is 18.7 Å². The number of benzene rings is 4. The van der Waals surface area contributed by atoms with Crippen LogP contribution >= 0.6 is 0 Å². The average molecular weight is 582 g/mol. The molecule has 0 aliphatic carbocycles. The molecule has 3 amide bonds. The van der Waals surface area contributed by atoms with Gasteiger partial charge in [0.05, 0.1) is 26.2 Å². The number of carbonyl (C=O) groups excluding carboxylic acids is 3. The van der Waals surface area contributed by atoms with Crippen LogP contribution < -0.4 is 20.5 Å². The summed E-state index contributed by atoms with van der Waals surface area (Å²) in [4.78, 5) is 43.3. The average Bonchev–Trinajstić information content (AvgIpc) is 3.39. The lowest BCUT2D eigenvalue weighted by Crippen LogP contribution is -2.48. The predicted octanol–water partition coefficient (Wildman–Crippen LogP) is 5.88. The number of halogens is 1. The molecule has 4 aromatic rings. The van der Waals surface area contributed by atoms with Crippen LogP contribution in [-0.4, -0.2) is 42.9 Å². The summed E-state index contributed by atoms with van der Waals surface area (Å²) in [6.45, 7) is 1.93. The Balaban J connectivity index is 1.70. The van der Waals surface area contributed by atoms with E-state index in [9.17, 15) is 18.8 Å². The molecule has 1 heterocycles. The van der Waals surface area contributed by atoms with Gasteiger partial charge in [0, 0.05) is 17.2 Å². The third-order valence-corrected chi connectivity index (χ3v) is 7.88. The van der Waals surface area contributed by atoms with E-state index in [-0.39, 0.29) is 5.78 Å². The highest BCUT2D eigenvalue weighted by Gasteiger charge is 2.57. The zero-order valence-corrected chi connectivity index (χ0v) is 24.0. The zero-order chi connectivity index (χ0) is 30.7. The summed E-state index contributed by atoms with van der Waals surface area (Å²) >= 11 is 0. The van der Waals surface area contributed by atoms with Crippen LogP contribution in [0.2, 0.25) is 0 Å². The van der Waals surface area contributed by atoms with Gasteiger partial charge in [0.25, 0.3) is 0 Å². The number of hydrogen-bond acceptors (Lipinski definition) is 5. The molecule has 1 fully saturated rings. The summed E-state index contributed by atoms with van der Waals surface area (Å²) in [5.74, 6) is -2.02. The van der Waals surface area contributed by atoms with Crippen LogP contribution in [-0.2, 0) is 4.79 Å². The van der Waals surface area contributed by atoms with Gasteiger partial charge in [-0.15, -0.1) is 0 Å². The number of anilines is 1. The van der Waals surface area contributed by atoms with Crippen molar-refractivity contribution in [1.29, 1.82) is 0 Å². The number of methoxy groups -OCH3 is 2. The molecule has 4 unspecified atom stereocenters. The van der Waals surface area contributed by atoms with E-state index < -0.39 is 41.7 Å². The molecule has 0 bridgehead atoms. The normalized spacial score (nSPS) is 19.5. The van der Waals surface area contributed by atoms with Gasteiger partial charge in [0.15, 0.2) is 5.78 Å². The van der Waals surface area contributed by atoms with Gasteiger partial charge >= 0.3 is 6.03 Å². The first-order valence-electron chi connectivity index (χ1n) is 13.7. The van der Waals surface area contributed by atoms with E-state index >= 15 is 0 Å². The van der Waals surface area contributed by atoms with Crippen molar-refractivity contribution in [3.05, 3.63) is 125 Å². The molecule has 0 spiro atoms. The Kier molecular flexibility index (Phi) is 8.43. The first-order valence-corrected chi connectivity index (χ1v) is 13.7. The predicted molar refractivity (Wildman–Crippen MR) is 161 cm³/mol. The number of nitrogens with two attached hydrogens (primary N) is 1. The lowest BCUT2D eigenvalue weighted by molar-refractivity contribution is -0.122. The maximum absolute atomic E-state index is 14.5. The molecular formula is C34H32FN3O5. The molecule has 3 N–H and O–H groups in total. The number of likely N-dealkylation sites (tertiary alicyclic amines) is 1. The number of Topliss-reactive ketones (excluding diaryl/α,β-unsaturated/α-hetero) is 1. The Labute approximate surface area is 249 Å². The number of rotatable bonds is 8. The van der Waals surface area contributed by atoms with Gasteiger partial charge in [-0.1, -0.05) is 42.0 Å². The standard InChI is InChI=1S/C34H32FN3O5/c1-20-4-6-22(7-5-20)30-29(32(39)23-10-18-27(43-3)19-11-23)28(21-8-16-26(42-2)17-9-21)31(33(36)40)38(30)34(41)37-25-14-12-24(35)13-15-25/h4-19,28-31H,1-3H3,(H2,36,40)(H,37,41). The number of amides is 3. The highest BCUT2D eigenvalue weighted by atomic mass is 19.1. The zero-order valence-electron chi connectivity index (χ0n) is 24.0. The third-order valence-electron chi connectivity index (χ3n) is 7.88. The summed E-state index contributed by atoms with van der Waals surface area (Å²) in [5, 5.41) is 2.78. The lowest BCUT2D eigenvalue weighted by atomic mass is 9.76. The molecule has 0 aromatic heterocycles. The van der Waals surface area contributed by atoms with E-state index in [0.29, 0.717) is 33.9 Å². The summed E-state index contributed by atoms with van der Waals surface area (Å²) in [6.07, 6.45) is 0. The largest absolute Gasteiger partial charge is 0.497 e. The van der Waals surface area contributed by atoms with Crippen molar-refractivity contribution in [3.8, 4) is 11.5 Å². The molecule has 0 radical (unpaired) electrons. The minimum absolute atomic E-state index is 0.266. The maximum atomic E-state index is 14.5. The Bertz CT molecular complexity index is 1610. The minimum atomic E-state index is -1.20. The molecule has 1 saturated heterocycles. The second kappa shape index (κ2) is 12.4. The molecule has 1 aliphatic heterocycles. The van der Waals surface area contributed by atoms with Gasteiger partial charge in [-0.05, 0) is 78.7 Å². The Morgan fingerprint density at radius 2 is 1.30 bits per heavy atom. The number of nitrogens with zero attached hydrogens (tertiary/aromatic N) is 1. The number of hydrogen-bond donors (Lipinski definition) is 2. The second-order valence-electron chi connectivity index (χ2n) is 10.5. The fourth-order valence-electron chi connectivity index (χ4n) is 5.80. The molecule has 0 saturated carbocycles. The number of nitrogens with one attached hydrogen (secondary N) is 1. The Hall–Kier alpha value is -5.18. The van der Waals surface area contributed by atoms with Gasteiger partial charge in [-0.25, -0.2) is 9.18 Å². The van der Waals surface area contributed by atoms with Crippen LogP contribution in [0.3, 0.4) is 0 Å². The van der Waals surface area contributed by atoms with Crippen molar-refractivity contribution in [3.63, 3.8) is 0 Å². The van der Waals surface area contributed by atoms with Crippen molar-refractivity contribution in [2.45, 2.75) is 24.9 Å². The Morgan fingerprint density at radius 1 is 0.767 bits per heavy atom. The van der Waals surface area contributed by atoms with Crippen molar-refractivity contribution >= 4 is 23.4 Å².